The van der Waals surface area contributed by atoms with Gasteiger partial charge in [0.25, 0.3) is 5.91 Å². The van der Waals surface area contributed by atoms with Gasteiger partial charge in [-0.2, -0.15) is 0 Å². The van der Waals surface area contributed by atoms with Crippen LogP contribution in [0.3, 0.4) is 0 Å². The topological polar surface area (TPSA) is 63.7 Å². The summed E-state index contributed by atoms with van der Waals surface area (Å²) in [7, 11) is 1.27. The highest BCUT2D eigenvalue weighted by Crippen LogP contribution is 2.35. The Kier molecular flexibility index (Phi) is 5.75. The molecule has 1 heterocycles. The fourth-order valence-electron chi connectivity index (χ4n) is 3.47. The minimum Gasteiger partial charge on any atom is -0.468 e. The van der Waals surface area contributed by atoms with Crippen LogP contribution < -0.4 is 0 Å². The van der Waals surface area contributed by atoms with Crippen LogP contribution in [0.1, 0.15) is 22.3 Å². The number of Topliss-reactive ketones (excluding diaryl/α,β-unsaturated/α-hetero) is 1. The fraction of sp³-hybridized carbons (Fsp3) is 0.286. The van der Waals surface area contributed by atoms with E-state index in [0.717, 1.165) is 10.0 Å². The van der Waals surface area contributed by atoms with Gasteiger partial charge >= 0.3 is 5.97 Å². The summed E-state index contributed by atoms with van der Waals surface area (Å²) in [5, 5.41) is 0. The Hall–Kier alpha value is -2.47. The number of hydrogen-bond donors (Lipinski definition) is 0. The van der Waals surface area contributed by atoms with E-state index in [4.69, 9.17) is 4.74 Å². The number of benzene rings is 2. The van der Waals surface area contributed by atoms with Crippen molar-refractivity contribution in [2.75, 3.05) is 20.2 Å². The Bertz CT molecular complexity index is 857. The van der Waals surface area contributed by atoms with Crippen LogP contribution in [0, 0.1) is 5.41 Å². The van der Waals surface area contributed by atoms with Crippen molar-refractivity contribution >= 4 is 33.6 Å². The summed E-state index contributed by atoms with van der Waals surface area (Å²) in [6, 6.07) is 16.3. The van der Waals surface area contributed by atoms with E-state index in [2.05, 4.69) is 15.9 Å². The van der Waals surface area contributed by atoms with Crippen molar-refractivity contribution in [3.63, 3.8) is 0 Å². The molecule has 2 aromatic rings. The molecule has 5 nitrogen and oxygen atoms in total. The second-order valence-electron chi connectivity index (χ2n) is 6.61. The largest absolute Gasteiger partial charge is 0.468 e. The fourth-order valence-corrected chi connectivity index (χ4v) is 3.90. The summed E-state index contributed by atoms with van der Waals surface area (Å²) in [5.41, 5.74) is -0.0434. The maximum absolute atomic E-state index is 12.9. The number of rotatable bonds is 4. The van der Waals surface area contributed by atoms with E-state index in [0.29, 0.717) is 12.1 Å². The molecule has 0 aliphatic carbocycles. The SMILES string of the molecule is COC(=O)C1(Cc2ccccc2Br)CN(C(=O)c2ccccc2)CCC1=O. The summed E-state index contributed by atoms with van der Waals surface area (Å²) in [6.45, 7) is 0.300. The Labute approximate surface area is 166 Å². The van der Waals surface area contributed by atoms with Crippen LogP contribution in [0.4, 0.5) is 0 Å². The second kappa shape index (κ2) is 8.05. The number of carbonyl (C=O) groups excluding carboxylic acids is 3. The van der Waals surface area contributed by atoms with Crippen molar-refractivity contribution in [3.05, 3.63) is 70.2 Å². The van der Waals surface area contributed by atoms with Crippen molar-refractivity contribution in [1.29, 1.82) is 0 Å². The number of amides is 1. The van der Waals surface area contributed by atoms with Gasteiger partial charge in [-0.05, 0) is 30.2 Å². The average Bonchev–Trinajstić information content (AvgIpc) is 2.70. The van der Waals surface area contributed by atoms with Gasteiger partial charge < -0.3 is 9.64 Å². The predicted molar refractivity (Wildman–Crippen MR) is 104 cm³/mol. The lowest BCUT2D eigenvalue weighted by Crippen LogP contribution is -2.56. The van der Waals surface area contributed by atoms with Crippen molar-refractivity contribution in [2.45, 2.75) is 12.8 Å². The molecule has 0 saturated carbocycles. The van der Waals surface area contributed by atoms with Crippen LogP contribution in [-0.2, 0) is 20.7 Å². The number of methoxy groups -OCH3 is 1. The van der Waals surface area contributed by atoms with Crippen LogP contribution in [0.5, 0.6) is 0 Å². The van der Waals surface area contributed by atoms with Gasteiger partial charge in [-0.25, -0.2) is 0 Å². The number of halogens is 1. The van der Waals surface area contributed by atoms with Crippen LogP contribution >= 0.6 is 15.9 Å². The van der Waals surface area contributed by atoms with E-state index in [1.807, 2.05) is 30.3 Å². The molecule has 1 atom stereocenters. The number of hydrogen-bond acceptors (Lipinski definition) is 4. The molecule has 1 amide bonds. The Morgan fingerprint density at radius 1 is 1.11 bits per heavy atom. The number of nitrogens with zero attached hydrogens (tertiary/aromatic N) is 1. The van der Waals surface area contributed by atoms with E-state index >= 15 is 0 Å². The van der Waals surface area contributed by atoms with Crippen molar-refractivity contribution in [1.82, 2.24) is 4.90 Å². The zero-order valence-electron chi connectivity index (χ0n) is 15.0. The average molecular weight is 430 g/mol. The first-order valence-corrected chi connectivity index (χ1v) is 9.47. The van der Waals surface area contributed by atoms with E-state index in [1.54, 1.807) is 29.2 Å². The number of esters is 1. The van der Waals surface area contributed by atoms with Gasteiger partial charge in [0.1, 0.15) is 5.41 Å². The molecule has 0 bridgehead atoms. The standard InChI is InChI=1S/C21H20BrNO4/c1-27-20(26)21(13-16-9-5-6-10-17(16)22)14-23(12-11-18(21)24)19(25)15-7-3-2-4-8-15/h2-10H,11-14H2,1H3. The maximum atomic E-state index is 12.9. The summed E-state index contributed by atoms with van der Waals surface area (Å²) in [4.78, 5) is 40.1. The zero-order valence-corrected chi connectivity index (χ0v) is 16.6. The van der Waals surface area contributed by atoms with Gasteiger partial charge in [0.05, 0.1) is 7.11 Å². The van der Waals surface area contributed by atoms with Crippen molar-refractivity contribution < 1.29 is 19.1 Å². The van der Waals surface area contributed by atoms with Crippen molar-refractivity contribution in [3.8, 4) is 0 Å². The number of piperidine rings is 1. The van der Waals surface area contributed by atoms with E-state index in [-0.39, 0.29) is 31.1 Å². The molecule has 1 unspecified atom stereocenters. The molecular weight excluding hydrogens is 410 g/mol. The molecule has 1 aliphatic rings. The molecule has 27 heavy (non-hydrogen) atoms. The molecule has 0 aromatic heterocycles. The highest BCUT2D eigenvalue weighted by Gasteiger charge is 2.51. The van der Waals surface area contributed by atoms with Crippen LogP contribution in [0.25, 0.3) is 0 Å². The minimum absolute atomic E-state index is 0.00751. The van der Waals surface area contributed by atoms with Gasteiger partial charge in [0, 0.05) is 29.5 Å². The Balaban J connectivity index is 1.96. The molecule has 0 radical (unpaired) electrons. The third-order valence-corrected chi connectivity index (χ3v) is 5.71. The van der Waals surface area contributed by atoms with Crippen LogP contribution in [0.2, 0.25) is 0 Å². The summed E-state index contributed by atoms with van der Waals surface area (Å²) < 4.78 is 5.81. The van der Waals surface area contributed by atoms with Crippen LogP contribution in [-0.4, -0.2) is 42.8 Å². The first kappa shape index (κ1) is 19.3. The number of ketones is 1. The predicted octanol–water partition coefficient (Wildman–Crippen LogP) is 3.27. The molecule has 140 valence electrons. The highest BCUT2D eigenvalue weighted by atomic mass is 79.9. The van der Waals surface area contributed by atoms with E-state index < -0.39 is 11.4 Å². The smallest absolute Gasteiger partial charge is 0.321 e. The molecule has 1 aliphatic heterocycles. The van der Waals surface area contributed by atoms with E-state index in [1.165, 1.54) is 7.11 Å². The minimum atomic E-state index is -1.40. The normalized spacial score (nSPS) is 19.6. The summed E-state index contributed by atoms with van der Waals surface area (Å²) in [6.07, 6.45) is 0.302. The van der Waals surface area contributed by atoms with Gasteiger partial charge in [-0.15, -0.1) is 0 Å². The highest BCUT2D eigenvalue weighted by molar-refractivity contribution is 9.10. The third kappa shape index (κ3) is 3.81. The lowest BCUT2D eigenvalue weighted by molar-refractivity contribution is -0.161. The Morgan fingerprint density at radius 2 is 1.78 bits per heavy atom. The lowest BCUT2D eigenvalue weighted by atomic mass is 9.74. The van der Waals surface area contributed by atoms with E-state index in [9.17, 15) is 14.4 Å². The third-order valence-electron chi connectivity index (χ3n) is 4.94. The quantitative estimate of drug-likeness (QED) is 0.552. The molecular formula is C21H20BrNO4. The first-order valence-electron chi connectivity index (χ1n) is 8.67. The van der Waals surface area contributed by atoms with Crippen LogP contribution in [0.15, 0.2) is 59.1 Å². The van der Waals surface area contributed by atoms with Gasteiger partial charge in [-0.1, -0.05) is 52.3 Å². The first-order chi connectivity index (χ1) is 13.0. The molecule has 6 heteroatoms. The number of likely N-dealkylation sites (tertiary alicyclic amines) is 1. The van der Waals surface area contributed by atoms with Gasteiger partial charge in [0.15, 0.2) is 5.78 Å². The van der Waals surface area contributed by atoms with Gasteiger partial charge in [-0.3, -0.25) is 14.4 Å². The Morgan fingerprint density at radius 3 is 2.44 bits per heavy atom. The zero-order chi connectivity index (χ0) is 19.4. The summed E-state index contributed by atoms with van der Waals surface area (Å²) >= 11 is 3.48. The number of carbonyl (C=O) groups is 3. The summed E-state index contributed by atoms with van der Waals surface area (Å²) in [5.74, 6) is -0.987. The van der Waals surface area contributed by atoms with Crippen molar-refractivity contribution in [2.24, 2.45) is 5.41 Å². The van der Waals surface area contributed by atoms with Gasteiger partial charge in [0.2, 0.25) is 0 Å². The lowest BCUT2D eigenvalue weighted by Gasteiger charge is -2.39. The maximum Gasteiger partial charge on any atom is 0.321 e. The molecule has 1 saturated heterocycles. The number of ether oxygens (including phenoxy) is 1. The molecule has 3 rings (SSSR count). The molecule has 2 aromatic carbocycles. The monoisotopic (exact) mass is 429 g/mol. The second-order valence-corrected chi connectivity index (χ2v) is 7.46. The molecule has 1 fully saturated rings. The molecule has 0 N–H and O–H groups in total. The molecule has 0 spiro atoms.